The quantitative estimate of drug-likeness (QED) is 0.579. The van der Waals surface area contributed by atoms with Gasteiger partial charge in [0.05, 0.1) is 23.8 Å². The van der Waals surface area contributed by atoms with Gasteiger partial charge < -0.3 is 19.8 Å². The normalized spacial score (nSPS) is 16.8. The summed E-state index contributed by atoms with van der Waals surface area (Å²) in [5.41, 5.74) is 1.55. The summed E-state index contributed by atoms with van der Waals surface area (Å²) < 4.78 is 10.7. The lowest BCUT2D eigenvalue weighted by Crippen LogP contribution is -2.49. The van der Waals surface area contributed by atoms with Gasteiger partial charge in [0.1, 0.15) is 0 Å². The van der Waals surface area contributed by atoms with Gasteiger partial charge in [-0.15, -0.1) is 10.2 Å². The lowest BCUT2D eigenvalue weighted by Gasteiger charge is -2.26. The van der Waals surface area contributed by atoms with Gasteiger partial charge in [-0.3, -0.25) is 4.98 Å². The third-order valence-corrected chi connectivity index (χ3v) is 4.37. The number of ether oxygens (including phenoxy) is 1. The SMILES string of the molecule is CCOC(=O)C1=C(CSc2nnc(-c3cccnc3)o2)NC(=O)N[C@H]1C. The lowest BCUT2D eigenvalue weighted by molar-refractivity contribution is -0.138. The minimum atomic E-state index is -0.468. The topological polar surface area (TPSA) is 119 Å². The van der Waals surface area contributed by atoms with E-state index in [0.717, 1.165) is 0 Å². The van der Waals surface area contributed by atoms with Crippen molar-refractivity contribution in [1.29, 1.82) is 0 Å². The Bertz CT molecular complexity index is 836. The summed E-state index contributed by atoms with van der Waals surface area (Å²) >= 11 is 1.22. The van der Waals surface area contributed by atoms with E-state index < -0.39 is 12.0 Å². The molecule has 0 aliphatic carbocycles. The van der Waals surface area contributed by atoms with Crippen molar-refractivity contribution >= 4 is 23.8 Å². The molecule has 0 unspecified atom stereocenters. The molecule has 26 heavy (non-hydrogen) atoms. The molecule has 0 fully saturated rings. The smallest absolute Gasteiger partial charge is 0.337 e. The average molecular weight is 375 g/mol. The first-order valence-electron chi connectivity index (χ1n) is 7.93. The first-order valence-corrected chi connectivity index (χ1v) is 8.91. The molecule has 2 aromatic heterocycles. The second kappa shape index (κ2) is 8.00. The Hall–Kier alpha value is -2.88. The molecule has 2 amide bonds. The molecule has 2 N–H and O–H groups in total. The minimum absolute atomic E-state index is 0.252. The van der Waals surface area contributed by atoms with Crippen LogP contribution in [-0.2, 0) is 9.53 Å². The molecular formula is C16H17N5O4S. The molecule has 2 aromatic rings. The highest BCUT2D eigenvalue weighted by Gasteiger charge is 2.29. The molecule has 0 radical (unpaired) electrons. The summed E-state index contributed by atoms with van der Waals surface area (Å²) in [6.07, 6.45) is 3.28. The van der Waals surface area contributed by atoms with E-state index in [1.165, 1.54) is 11.8 Å². The van der Waals surface area contributed by atoms with E-state index >= 15 is 0 Å². The molecule has 0 aromatic carbocycles. The molecule has 3 heterocycles. The molecule has 3 rings (SSSR count). The van der Waals surface area contributed by atoms with E-state index in [-0.39, 0.29) is 18.4 Å². The van der Waals surface area contributed by atoms with Gasteiger partial charge in [-0.05, 0) is 26.0 Å². The van der Waals surface area contributed by atoms with Crippen molar-refractivity contribution in [3.8, 4) is 11.5 Å². The van der Waals surface area contributed by atoms with Crippen molar-refractivity contribution < 1.29 is 18.7 Å². The molecule has 10 heteroatoms. The van der Waals surface area contributed by atoms with Crippen LogP contribution < -0.4 is 10.6 Å². The fourth-order valence-corrected chi connectivity index (χ4v) is 3.13. The number of nitrogens with one attached hydrogen (secondary N) is 2. The molecule has 0 spiro atoms. The maximum atomic E-state index is 12.2. The van der Waals surface area contributed by atoms with Crippen LogP contribution >= 0.6 is 11.8 Å². The molecule has 0 bridgehead atoms. The Morgan fingerprint density at radius 3 is 3.00 bits per heavy atom. The van der Waals surface area contributed by atoms with E-state index in [9.17, 15) is 9.59 Å². The number of thioether (sulfide) groups is 1. The van der Waals surface area contributed by atoms with Gasteiger partial charge in [0.15, 0.2) is 0 Å². The molecule has 0 saturated carbocycles. The third-order valence-electron chi connectivity index (χ3n) is 3.52. The molecular weight excluding hydrogens is 358 g/mol. The zero-order valence-electron chi connectivity index (χ0n) is 14.2. The predicted octanol–water partition coefficient (Wildman–Crippen LogP) is 1.74. The van der Waals surface area contributed by atoms with Crippen molar-refractivity contribution in [3.05, 3.63) is 35.8 Å². The minimum Gasteiger partial charge on any atom is -0.463 e. The van der Waals surface area contributed by atoms with Crippen molar-refractivity contribution in [2.75, 3.05) is 12.4 Å². The number of carbonyl (C=O) groups excluding carboxylic acids is 2. The highest BCUT2D eigenvalue weighted by Crippen LogP contribution is 2.25. The summed E-state index contributed by atoms with van der Waals surface area (Å²) in [7, 11) is 0. The average Bonchev–Trinajstić information content (AvgIpc) is 3.09. The van der Waals surface area contributed by atoms with Crippen LogP contribution in [0, 0.1) is 0 Å². The van der Waals surface area contributed by atoms with Crippen LogP contribution in [0.5, 0.6) is 0 Å². The van der Waals surface area contributed by atoms with E-state index in [1.54, 1.807) is 32.3 Å². The third kappa shape index (κ3) is 4.02. The van der Waals surface area contributed by atoms with E-state index in [2.05, 4.69) is 25.8 Å². The Morgan fingerprint density at radius 2 is 2.27 bits per heavy atom. The van der Waals surface area contributed by atoms with Crippen molar-refractivity contribution in [1.82, 2.24) is 25.8 Å². The number of rotatable bonds is 6. The maximum absolute atomic E-state index is 12.2. The summed E-state index contributed by atoms with van der Waals surface area (Å²) in [6.45, 7) is 3.70. The first-order chi connectivity index (χ1) is 12.6. The Kier molecular flexibility index (Phi) is 5.52. The van der Waals surface area contributed by atoms with Gasteiger partial charge in [-0.25, -0.2) is 9.59 Å². The monoisotopic (exact) mass is 375 g/mol. The number of pyridine rings is 1. The van der Waals surface area contributed by atoms with Crippen LogP contribution in [-0.4, -0.2) is 45.6 Å². The highest BCUT2D eigenvalue weighted by atomic mass is 32.2. The van der Waals surface area contributed by atoms with Gasteiger partial charge in [-0.2, -0.15) is 0 Å². The number of hydrogen-bond donors (Lipinski definition) is 2. The van der Waals surface area contributed by atoms with Crippen molar-refractivity contribution in [2.45, 2.75) is 25.1 Å². The van der Waals surface area contributed by atoms with E-state index in [1.807, 2.05) is 6.07 Å². The van der Waals surface area contributed by atoms with Gasteiger partial charge in [-0.1, -0.05) is 11.8 Å². The van der Waals surface area contributed by atoms with Crippen molar-refractivity contribution in [3.63, 3.8) is 0 Å². The molecule has 1 atom stereocenters. The van der Waals surface area contributed by atoms with Gasteiger partial charge in [0.25, 0.3) is 5.22 Å². The summed E-state index contributed by atoms with van der Waals surface area (Å²) in [5.74, 6) is 0.160. The van der Waals surface area contributed by atoms with Crippen LogP contribution in [0.15, 0.2) is 45.4 Å². The number of aromatic nitrogens is 3. The van der Waals surface area contributed by atoms with Gasteiger partial charge in [0.2, 0.25) is 5.89 Å². The van der Waals surface area contributed by atoms with E-state index in [0.29, 0.717) is 27.9 Å². The zero-order valence-corrected chi connectivity index (χ0v) is 15.0. The lowest BCUT2D eigenvalue weighted by atomic mass is 10.1. The van der Waals surface area contributed by atoms with Crippen LogP contribution in [0.4, 0.5) is 4.79 Å². The second-order valence-electron chi connectivity index (χ2n) is 5.34. The van der Waals surface area contributed by atoms with Crippen LogP contribution in [0.25, 0.3) is 11.5 Å². The number of nitrogens with zero attached hydrogens (tertiary/aromatic N) is 3. The fourth-order valence-electron chi connectivity index (χ4n) is 2.40. The standard InChI is InChI=1S/C16H17N5O4S/c1-3-24-14(22)12-9(2)18-15(23)19-11(12)8-26-16-21-20-13(25-16)10-5-4-6-17-7-10/h4-7,9H,3,8H2,1-2H3,(H2,18,19,23)/t9-/m0/s1. The second-order valence-corrected chi connectivity index (χ2v) is 6.26. The number of urea groups is 1. The molecule has 136 valence electrons. The Balaban J connectivity index is 1.76. The fraction of sp³-hybridized carbons (Fsp3) is 0.312. The van der Waals surface area contributed by atoms with Gasteiger partial charge in [0, 0.05) is 23.8 Å². The van der Waals surface area contributed by atoms with Gasteiger partial charge >= 0.3 is 12.0 Å². The van der Waals surface area contributed by atoms with Crippen molar-refractivity contribution in [2.24, 2.45) is 0 Å². The first kappa shape index (κ1) is 17.9. The number of carbonyl (C=O) groups is 2. The largest absolute Gasteiger partial charge is 0.463 e. The number of amides is 2. The van der Waals surface area contributed by atoms with Crippen LogP contribution in [0.2, 0.25) is 0 Å². The summed E-state index contributed by atoms with van der Waals surface area (Å²) in [4.78, 5) is 27.9. The molecule has 1 aliphatic rings. The summed E-state index contributed by atoms with van der Waals surface area (Å²) in [6, 6.07) is 2.76. The van der Waals surface area contributed by atoms with Crippen LogP contribution in [0.1, 0.15) is 13.8 Å². The maximum Gasteiger partial charge on any atom is 0.337 e. The molecule has 0 saturated heterocycles. The van der Waals surface area contributed by atoms with Crippen LogP contribution in [0.3, 0.4) is 0 Å². The Morgan fingerprint density at radius 1 is 1.42 bits per heavy atom. The summed E-state index contributed by atoms with van der Waals surface area (Å²) in [5, 5.41) is 13.6. The molecule has 1 aliphatic heterocycles. The Labute approximate surface area is 153 Å². The highest BCUT2D eigenvalue weighted by molar-refractivity contribution is 7.99. The molecule has 9 nitrogen and oxygen atoms in total. The number of esters is 1. The van der Waals surface area contributed by atoms with E-state index in [4.69, 9.17) is 9.15 Å². The zero-order chi connectivity index (χ0) is 18.5. The number of hydrogen-bond acceptors (Lipinski definition) is 8. The predicted molar refractivity (Wildman–Crippen MR) is 93.0 cm³/mol.